The van der Waals surface area contributed by atoms with Crippen LogP contribution in [-0.4, -0.2) is 18.5 Å². The van der Waals surface area contributed by atoms with Gasteiger partial charge in [-0.1, -0.05) is 23.7 Å². The van der Waals surface area contributed by atoms with E-state index in [9.17, 15) is 4.79 Å². The number of amides is 2. The van der Waals surface area contributed by atoms with Crippen molar-refractivity contribution >= 4 is 41.7 Å². The van der Waals surface area contributed by atoms with Crippen molar-refractivity contribution in [1.82, 2.24) is 5.32 Å². The SMILES string of the molecule is CCN=C(N)NC(=O)Nc1ccccc1Cl.Cl. The normalized spacial score (nSPS) is 10.4. The summed E-state index contributed by atoms with van der Waals surface area (Å²) in [6, 6.07) is 6.45. The predicted molar refractivity (Wildman–Crippen MR) is 73.0 cm³/mol. The summed E-state index contributed by atoms with van der Waals surface area (Å²) in [6.45, 7) is 2.33. The van der Waals surface area contributed by atoms with Crippen LogP contribution in [0, 0.1) is 0 Å². The Balaban J connectivity index is 0.00000256. The Labute approximate surface area is 111 Å². The van der Waals surface area contributed by atoms with E-state index in [1.807, 2.05) is 6.92 Å². The number of guanidine groups is 1. The summed E-state index contributed by atoms with van der Waals surface area (Å²) in [5, 5.41) is 5.39. The lowest BCUT2D eigenvalue weighted by atomic mass is 10.3. The summed E-state index contributed by atoms with van der Waals surface area (Å²) in [5.74, 6) is 0.0760. The standard InChI is InChI=1S/C10H13ClN4O.ClH/c1-2-13-9(12)15-10(16)14-8-6-4-3-5-7(8)11;/h3-6H,2H2,1H3,(H4,12,13,14,15,16);1H. The molecule has 0 bridgehead atoms. The molecule has 0 aliphatic carbocycles. The summed E-state index contributed by atoms with van der Waals surface area (Å²) in [7, 11) is 0. The second-order valence-corrected chi connectivity index (χ2v) is 3.33. The third-order valence-electron chi connectivity index (χ3n) is 1.69. The second kappa shape index (κ2) is 7.76. The minimum atomic E-state index is -0.470. The number of anilines is 1. The zero-order chi connectivity index (χ0) is 12.0. The lowest BCUT2D eigenvalue weighted by molar-refractivity contribution is 0.256. The number of nitrogens with two attached hydrogens (primary N) is 1. The van der Waals surface area contributed by atoms with Gasteiger partial charge < -0.3 is 11.1 Å². The summed E-state index contributed by atoms with van der Waals surface area (Å²) in [4.78, 5) is 15.2. The molecule has 1 aromatic carbocycles. The highest BCUT2D eigenvalue weighted by Gasteiger charge is 2.05. The molecule has 7 heteroatoms. The van der Waals surface area contributed by atoms with Crippen molar-refractivity contribution in [3.8, 4) is 0 Å². The second-order valence-electron chi connectivity index (χ2n) is 2.92. The van der Waals surface area contributed by atoms with Crippen molar-refractivity contribution in [3.05, 3.63) is 29.3 Å². The van der Waals surface area contributed by atoms with E-state index in [0.29, 0.717) is 17.3 Å². The number of nitrogens with one attached hydrogen (secondary N) is 2. The molecule has 2 amide bonds. The molecule has 1 aromatic rings. The topological polar surface area (TPSA) is 79.5 Å². The Bertz CT molecular complexity index is 409. The van der Waals surface area contributed by atoms with Crippen molar-refractivity contribution in [2.24, 2.45) is 10.7 Å². The van der Waals surface area contributed by atoms with Gasteiger partial charge in [0.25, 0.3) is 0 Å². The third kappa shape index (κ3) is 5.42. The molecule has 17 heavy (non-hydrogen) atoms. The highest BCUT2D eigenvalue weighted by atomic mass is 35.5. The molecular formula is C10H14Cl2N4O. The van der Waals surface area contributed by atoms with Crippen LogP contribution in [0.5, 0.6) is 0 Å². The summed E-state index contributed by atoms with van der Waals surface area (Å²) in [6.07, 6.45) is 0. The number of hydrogen-bond donors (Lipinski definition) is 3. The van der Waals surface area contributed by atoms with Crippen molar-refractivity contribution in [2.45, 2.75) is 6.92 Å². The van der Waals surface area contributed by atoms with Crippen LogP contribution < -0.4 is 16.4 Å². The smallest absolute Gasteiger partial charge is 0.326 e. The van der Waals surface area contributed by atoms with Gasteiger partial charge in [0.2, 0.25) is 0 Å². The molecular weight excluding hydrogens is 263 g/mol. The number of para-hydroxylation sites is 1. The monoisotopic (exact) mass is 276 g/mol. The molecule has 94 valence electrons. The summed E-state index contributed by atoms with van der Waals surface area (Å²) in [5.41, 5.74) is 5.94. The number of urea groups is 1. The molecule has 0 aromatic heterocycles. The number of nitrogens with zero attached hydrogens (tertiary/aromatic N) is 1. The van der Waals surface area contributed by atoms with Gasteiger partial charge in [-0.25, -0.2) is 4.79 Å². The predicted octanol–water partition coefficient (Wildman–Crippen LogP) is 2.22. The van der Waals surface area contributed by atoms with Gasteiger partial charge in [0, 0.05) is 6.54 Å². The lowest BCUT2D eigenvalue weighted by Gasteiger charge is -2.07. The lowest BCUT2D eigenvalue weighted by Crippen LogP contribution is -2.39. The van der Waals surface area contributed by atoms with Crippen molar-refractivity contribution in [1.29, 1.82) is 0 Å². The highest BCUT2D eigenvalue weighted by Crippen LogP contribution is 2.19. The minimum Gasteiger partial charge on any atom is -0.370 e. The van der Waals surface area contributed by atoms with E-state index in [1.54, 1.807) is 24.3 Å². The molecule has 1 rings (SSSR count). The maximum atomic E-state index is 11.4. The first-order valence-corrected chi connectivity index (χ1v) is 5.13. The molecule has 0 spiro atoms. The van der Waals surface area contributed by atoms with E-state index in [4.69, 9.17) is 17.3 Å². The molecule has 0 aliphatic rings. The average Bonchev–Trinajstić information content (AvgIpc) is 2.21. The molecule has 0 heterocycles. The maximum Gasteiger partial charge on any atom is 0.326 e. The fourth-order valence-corrected chi connectivity index (χ4v) is 1.23. The van der Waals surface area contributed by atoms with Crippen LogP contribution in [0.25, 0.3) is 0 Å². The van der Waals surface area contributed by atoms with Crippen LogP contribution in [0.2, 0.25) is 5.02 Å². The largest absolute Gasteiger partial charge is 0.370 e. The van der Waals surface area contributed by atoms with Gasteiger partial charge in [-0.15, -0.1) is 12.4 Å². The molecule has 0 fully saturated rings. The van der Waals surface area contributed by atoms with Gasteiger partial charge in [0.15, 0.2) is 5.96 Å². The van der Waals surface area contributed by atoms with Gasteiger partial charge >= 0.3 is 6.03 Å². The van der Waals surface area contributed by atoms with Gasteiger partial charge in [-0.3, -0.25) is 10.3 Å². The van der Waals surface area contributed by atoms with Gasteiger partial charge in [-0.2, -0.15) is 0 Å². The van der Waals surface area contributed by atoms with E-state index in [-0.39, 0.29) is 18.4 Å². The van der Waals surface area contributed by atoms with Crippen LogP contribution in [-0.2, 0) is 0 Å². The Morgan fingerprint density at radius 2 is 2.12 bits per heavy atom. The van der Waals surface area contributed by atoms with Gasteiger partial charge in [0.1, 0.15) is 0 Å². The van der Waals surface area contributed by atoms with Gasteiger partial charge in [0.05, 0.1) is 10.7 Å². The Kier molecular flexibility index (Phi) is 7.09. The minimum absolute atomic E-state index is 0. The zero-order valence-electron chi connectivity index (χ0n) is 9.24. The van der Waals surface area contributed by atoms with Gasteiger partial charge in [-0.05, 0) is 19.1 Å². The first-order valence-electron chi connectivity index (χ1n) is 4.76. The molecule has 0 atom stereocenters. The quantitative estimate of drug-likeness (QED) is 0.572. The van der Waals surface area contributed by atoms with E-state index in [2.05, 4.69) is 15.6 Å². The Morgan fingerprint density at radius 1 is 1.47 bits per heavy atom. The molecule has 0 saturated heterocycles. The van der Waals surface area contributed by atoms with E-state index in [1.165, 1.54) is 0 Å². The number of hydrogen-bond acceptors (Lipinski definition) is 2. The Hall–Kier alpha value is -1.46. The first-order chi connectivity index (χ1) is 7.63. The first kappa shape index (κ1) is 15.5. The van der Waals surface area contributed by atoms with Crippen LogP contribution in [0.15, 0.2) is 29.3 Å². The molecule has 0 radical (unpaired) electrons. The van der Waals surface area contributed by atoms with Crippen molar-refractivity contribution in [2.75, 3.05) is 11.9 Å². The van der Waals surface area contributed by atoms with E-state index in [0.717, 1.165) is 0 Å². The Morgan fingerprint density at radius 3 is 2.71 bits per heavy atom. The number of rotatable bonds is 2. The molecule has 4 N–H and O–H groups in total. The van der Waals surface area contributed by atoms with Crippen LogP contribution in [0.3, 0.4) is 0 Å². The van der Waals surface area contributed by atoms with Crippen LogP contribution in [0.4, 0.5) is 10.5 Å². The fraction of sp³-hybridized carbons (Fsp3) is 0.200. The van der Waals surface area contributed by atoms with E-state index < -0.39 is 6.03 Å². The third-order valence-corrected chi connectivity index (χ3v) is 2.02. The van der Waals surface area contributed by atoms with Crippen molar-refractivity contribution < 1.29 is 4.79 Å². The van der Waals surface area contributed by atoms with Crippen LogP contribution >= 0.6 is 24.0 Å². The number of benzene rings is 1. The number of halogens is 2. The summed E-state index contributed by atoms with van der Waals surface area (Å²) >= 11 is 5.86. The molecule has 0 saturated carbocycles. The zero-order valence-corrected chi connectivity index (χ0v) is 10.8. The number of carbonyl (C=O) groups is 1. The van der Waals surface area contributed by atoms with Crippen molar-refractivity contribution in [3.63, 3.8) is 0 Å². The average molecular weight is 277 g/mol. The molecule has 5 nitrogen and oxygen atoms in total. The number of carbonyl (C=O) groups excluding carboxylic acids is 1. The maximum absolute atomic E-state index is 11.4. The molecule has 0 aliphatic heterocycles. The van der Waals surface area contributed by atoms with Crippen LogP contribution in [0.1, 0.15) is 6.92 Å². The van der Waals surface area contributed by atoms with E-state index >= 15 is 0 Å². The summed E-state index contributed by atoms with van der Waals surface area (Å²) < 4.78 is 0. The fourth-order valence-electron chi connectivity index (χ4n) is 1.04. The number of aliphatic imine (C=N–C) groups is 1. The highest BCUT2D eigenvalue weighted by molar-refractivity contribution is 6.33. The molecule has 0 unspecified atom stereocenters.